The Hall–Kier alpha value is -1.96. The zero-order valence-electron chi connectivity index (χ0n) is 13.2. The van der Waals surface area contributed by atoms with E-state index in [0.29, 0.717) is 19.0 Å². The van der Waals surface area contributed by atoms with Crippen molar-refractivity contribution < 1.29 is 8.78 Å². The quantitative estimate of drug-likeness (QED) is 0.601. The highest BCUT2D eigenvalue weighted by atomic mass is 32.1. The van der Waals surface area contributed by atoms with E-state index in [4.69, 9.17) is 0 Å². The summed E-state index contributed by atoms with van der Waals surface area (Å²) in [5, 5.41) is 6.31. The number of imidazole rings is 1. The molecule has 0 unspecified atom stereocenters. The van der Waals surface area contributed by atoms with Crippen molar-refractivity contribution in [3.05, 3.63) is 40.1 Å². The van der Waals surface area contributed by atoms with E-state index in [9.17, 15) is 8.78 Å². The van der Waals surface area contributed by atoms with Crippen LogP contribution in [0, 0.1) is 0 Å². The van der Waals surface area contributed by atoms with Crippen molar-refractivity contribution in [3.63, 3.8) is 0 Å². The molecule has 5 nitrogen and oxygen atoms in total. The Bertz CT molecular complexity index is 635. The maximum atomic E-state index is 12.8. The molecule has 0 bridgehead atoms. The summed E-state index contributed by atoms with van der Waals surface area (Å²) in [6.07, 6.45) is 3.64. The Balaban J connectivity index is 1.97. The van der Waals surface area contributed by atoms with Gasteiger partial charge in [-0.15, -0.1) is 11.3 Å². The lowest BCUT2D eigenvalue weighted by Gasteiger charge is -2.11. The highest BCUT2D eigenvalue weighted by Gasteiger charge is 2.11. The largest absolute Gasteiger partial charge is 0.357 e. The first-order valence-electron chi connectivity index (χ1n) is 7.53. The number of halogens is 2. The van der Waals surface area contributed by atoms with Gasteiger partial charge in [-0.05, 0) is 25.5 Å². The molecule has 0 aliphatic heterocycles. The van der Waals surface area contributed by atoms with Crippen molar-refractivity contribution in [2.45, 2.75) is 39.9 Å². The van der Waals surface area contributed by atoms with Gasteiger partial charge in [0.2, 0.25) is 0 Å². The van der Waals surface area contributed by atoms with Crippen LogP contribution in [0.25, 0.3) is 0 Å². The summed E-state index contributed by atoms with van der Waals surface area (Å²) < 4.78 is 26.4. The van der Waals surface area contributed by atoms with Gasteiger partial charge in [-0.3, -0.25) is 4.57 Å². The molecule has 0 saturated carbocycles. The van der Waals surface area contributed by atoms with E-state index in [2.05, 4.69) is 39.7 Å². The molecule has 0 saturated heterocycles. The molecule has 0 amide bonds. The number of hydrogen-bond donors (Lipinski definition) is 2. The van der Waals surface area contributed by atoms with Crippen LogP contribution >= 0.6 is 11.3 Å². The van der Waals surface area contributed by atoms with Gasteiger partial charge in [0.05, 0.1) is 6.54 Å². The smallest absolute Gasteiger partial charge is 0.319 e. The van der Waals surface area contributed by atoms with Gasteiger partial charge in [0, 0.05) is 28.7 Å². The third-order valence-corrected chi connectivity index (χ3v) is 4.41. The van der Waals surface area contributed by atoms with Crippen LogP contribution in [-0.4, -0.2) is 22.1 Å². The molecule has 8 heteroatoms. The van der Waals surface area contributed by atoms with Crippen LogP contribution in [0.15, 0.2) is 29.5 Å². The van der Waals surface area contributed by atoms with E-state index >= 15 is 0 Å². The minimum absolute atomic E-state index is 0.0946. The van der Waals surface area contributed by atoms with Gasteiger partial charge >= 0.3 is 6.55 Å². The standard InChI is InChI=1S/C15H21F2N5S/c1-3-11-5-6-12(23-11)9-20-15(18-4-2)21-10-13-19-7-8-22(13)14(16)17/h5-8,14H,3-4,9-10H2,1-2H3,(H2,18,20,21). The first-order chi connectivity index (χ1) is 11.1. The molecule has 126 valence electrons. The molecular formula is C15H21F2N5S. The minimum Gasteiger partial charge on any atom is -0.357 e. The summed E-state index contributed by atoms with van der Waals surface area (Å²) in [7, 11) is 0. The van der Waals surface area contributed by atoms with Crippen molar-refractivity contribution >= 4 is 17.3 Å². The van der Waals surface area contributed by atoms with E-state index in [0.717, 1.165) is 11.0 Å². The Labute approximate surface area is 138 Å². The second-order valence-electron chi connectivity index (χ2n) is 4.80. The number of aliphatic imine (C=N–C) groups is 1. The van der Waals surface area contributed by atoms with Crippen molar-refractivity contribution in [1.29, 1.82) is 0 Å². The predicted octanol–water partition coefficient (Wildman–Crippen LogP) is 3.16. The van der Waals surface area contributed by atoms with Gasteiger partial charge in [-0.1, -0.05) is 6.92 Å². The highest BCUT2D eigenvalue weighted by molar-refractivity contribution is 7.11. The molecule has 2 N–H and O–H groups in total. The van der Waals surface area contributed by atoms with Gasteiger partial charge in [-0.25, -0.2) is 9.98 Å². The monoisotopic (exact) mass is 341 g/mol. The number of guanidine groups is 1. The summed E-state index contributed by atoms with van der Waals surface area (Å²) in [4.78, 5) is 10.8. The molecule has 0 aromatic carbocycles. The van der Waals surface area contributed by atoms with Gasteiger partial charge in [0.25, 0.3) is 0 Å². The molecular weight excluding hydrogens is 320 g/mol. The molecule has 0 aliphatic carbocycles. The third-order valence-electron chi connectivity index (χ3n) is 3.18. The molecule has 0 aliphatic rings. The summed E-state index contributed by atoms with van der Waals surface area (Å²) in [6.45, 7) is 2.92. The fourth-order valence-corrected chi connectivity index (χ4v) is 2.91. The Morgan fingerprint density at radius 1 is 1.30 bits per heavy atom. The van der Waals surface area contributed by atoms with E-state index in [1.54, 1.807) is 11.3 Å². The average Bonchev–Trinajstić information content (AvgIpc) is 3.18. The van der Waals surface area contributed by atoms with E-state index < -0.39 is 6.55 Å². The predicted molar refractivity (Wildman–Crippen MR) is 88.8 cm³/mol. The van der Waals surface area contributed by atoms with Crippen molar-refractivity contribution in [2.75, 3.05) is 6.54 Å². The van der Waals surface area contributed by atoms with Crippen LogP contribution in [-0.2, 0) is 19.5 Å². The molecule has 2 rings (SSSR count). The normalized spacial score (nSPS) is 12.0. The number of hydrogen-bond acceptors (Lipinski definition) is 3. The van der Waals surface area contributed by atoms with Crippen LogP contribution in [0.4, 0.5) is 8.78 Å². The Kier molecular flexibility index (Phi) is 6.52. The fourth-order valence-electron chi connectivity index (χ4n) is 2.01. The summed E-state index contributed by atoms with van der Waals surface area (Å²) in [6, 6.07) is 4.20. The lowest BCUT2D eigenvalue weighted by Crippen LogP contribution is -2.36. The number of nitrogens with one attached hydrogen (secondary N) is 2. The average molecular weight is 341 g/mol. The first kappa shape index (κ1) is 17.4. The minimum atomic E-state index is -2.60. The molecule has 0 spiro atoms. The number of thiophene rings is 1. The highest BCUT2D eigenvalue weighted by Crippen LogP contribution is 2.16. The van der Waals surface area contributed by atoms with Crippen LogP contribution in [0.5, 0.6) is 0 Å². The Morgan fingerprint density at radius 2 is 2.09 bits per heavy atom. The van der Waals surface area contributed by atoms with E-state index in [-0.39, 0.29) is 12.4 Å². The maximum Gasteiger partial charge on any atom is 0.319 e. The van der Waals surface area contributed by atoms with Gasteiger partial charge in [-0.2, -0.15) is 8.78 Å². The van der Waals surface area contributed by atoms with Crippen LogP contribution in [0.1, 0.15) is 36.0 Å². The fraction of sp³-hybridized carbons (Fsp3) is 0.467. The zero-order chi connectivity index (χ0) is 16.7. The molecule has 0 fully saturated rings. The van der Waals surface area contributed by atoms with Crippen molar-refractivity contribution in [1.82, 2.24) is 20.2 Å². The number of alkyl halides is 2. The number of aromatic nitrogens is 2. The van der Waals surface area contributed by atoms with E-state index in [1.165, 1.54) is 22.1 Å². The van der Waals surface area contributed by atoms with Gasteiger partial charge in [0.15, 0.2) is 5.96 Å². The third kappa shape index (κ3) is 5.02. The SMILES string of the molecule is CCNC(=NCc1nccn1C(F)F)NCc1ccc(CC)s1. The topological polar surface area (TPSA) is 54.2 Å². The van der Waals surface area contributed by atoms with Gasteiger partial charge in [0.1, 0.15) is 12.4 Å². The zero-order valence-corrected chi connectivity index (χ0v) is 14.0. The maximum absolute atomic E-state index is 12.8. The molecule has 0 atom stereocenters. The molecule has 23 heavy (non-hydrogen) atoms. The lowest BCUT2D eigenvalue weighted by atomic mass is 10.4. The summed E-state index contributed by atoms with van der Waals surface area (Å²) in [5.41, 5.74) is 0. The van der Waals surface area contributed by atoms with E-state index in [1.807, 2.05) is 6.92 Å². The van der Waals surface area contributed by atoms with Gasteiger partial charge < -0.3 is 10.6 Å². The lowest BCUT2D eigenvalue weighted by molar-refractivity contribution is 0.0671. The second-order valence-corrected chi connectivity index (χ2v) is 6.05. The number of nitrogens with zero attached hydrogens (tertiary/aromatic N) is 3. The Morgan fingerprint density at radius 3 is 2.74 bits per heavy atom. The molecule has 0 radical (unpaired) electrons. The summed E-state index contributed by atoms with van der Waals surface area (Å²) in [5.74, 6) is 0.823. The van der Waals surface area contributed by atoms with Crippen molar-refractivity contribution in [3.8, 4) is 0 Å². The van der Waals surface area contributed by atoms with Crippen LogP contribution in [0.3, 0.4) is 0 Å². The number of aryl methyl sites for hydroxylation is 1. The second kappa shape index (κ2) is 8.61. The molecule has 2 heterocycles. The number of rotatable bonds is 7. The van der Waals surface area contributed by atoms with Crippen LogP contribution in [0.2, 0.25) is 0 Å². The first-order valence-corrected chi connectivity index (χ1v) is 8.35. The van der Waals surface area contributed by atoms with Crippen LogP contribution < -0.4 is 10.6 Å². The van der Waals surface area contributed by atoms with Crippen molar-refractivity contribution in [2.24, 2.45) is 4.99 Å². The molecule has 2 aromatic heterocycles. The molecule has 2 aromatic rings. The summed E-state index contributed by atoms with van der Waals surface area (Å²) >= 11 is 1.75.